The number of hydrogen-bond donors (Lipinski definition) is 1. The van der Waals surface area contributed by atoms with Gasteiger partial charge in [0.1, 0.15) is 11.6 Å². The lowest BCUT2D eigenvalue weighted by molar-refractivity contribution is 0.103. The highest BCUT2D eigenvalue weighted by Gasteiger charge is 2.23. The Kier molecular flexibility index (Phi) is 3.22. The van der Waals surface area contributed by atoms with Crippen LogP contribution in [-0.2, 0) is 6.42 Å². The third-order valence-corrected chi connectivity index (χ3v) is 3.63. The van der Waals surface area contributed by atoms with Crippen LogP contribution in [0.1, 0.15) is 21.5 Å². The van der Waals surface area contributed by atoms with Crippen molar-refractivity contribution in [1.29, 1.82) is 0 Å². The van der Waals surface area contributed by atoms with Gasteiger partial charge in [0.15, 0.2) is 5.78 Å². The molecule has 2 aromatic rings. The first kappa shape index (κ1) is 13.1. The molecule has 0 aliphatic carbocycles. The minimum absolute atomic E-state index is 0.221. The summed E-state index contributed by atoms with van der Waals surface area (Å²) in [7, 11) is 0. The minimum Gasteiger partial charge on any atom is -0.492 e. The molecule has 1 aliphatic rings. The van der Waals surface area contributed by atoms with E-state index in [-0.39, 0.29) is 17.0 Å². The Labute approximate surface area is 123 Å². The summed E-state index contributed by atoms with van der Waals surface area (Å²) in [5.41, 5.74) is 7.44. The Morgan fingerprint density at radius 1 is 1.25 bits per heavy atom. The molecule has 0 amide bonds. The molecule has 3 nitrogen and oxygen atoms in total. The number of benzene rings is 2. The number of hydrogen-bond acceptors (Lipinski definition) is 3. The van der Waals surface area contributed by atoms with Gasteiger partial charge in [-0.25, -0.2) is 4.39 Å². The van der Waals surface area contributed by atoms with Gasteiger partial charge in [-0.05, 0) is 35.9 Å². The van der Waals surface area contributed by atoms with Gasteiger partial charge in [0.25, 0.3) is 0 Å². The topological polar surface area (TPSA) is 52.3 Å². The van der Waals surface area contributed by atoms with Crippen LogP contribution < -0.4 is 10.5 Å². The molecule has 0 fully saturated rings. The second-order valence-corrected chi connectivity index (χ2v) is 5.56. The summed E-state index contributed by atoms with van der Waals surface area (Å²) < 4.78 is 19.7. The first-order valence-corrected chi connectivity index (χ1v) is 6.90. The summed E-state index contributed by atoms with van der Waals surface area (Å²) >= 11 is 3.38. The normalized spacial score (nSPS) is 12.9. The average Bonchev–Trinajstić information content (AvgIpc) is 2.83. The molecule has 1 aliphatic heterocycles. The van der Waals surface area contributed by atoms with Gasteiger partial charge in [-0.15, -0.1) is 0 Å². The summed E-state index contributed by atoms with van der Waals surface area (Å²) in [6, 6.07) is 7.44. The third kappa shape index (κ3) is 2.29. The van der Waals surface area contributed by atoms with E-state index in [0.29, 0.717) is 17.9 Å². The molecule has 0 bridgehead atoms. The molecule has 0 saturated heterocycles. The molecule has 0 aromatic heterocycles. The van der Waals surface area contributed by atoms with Crippen molar-refractivity contribution in [2.75, 3.05) is 12.3 Å². The zero-order valence-electron chi connectivity index (χ0n) is 10.5. The van der Waals surface area contributed by atoms with Crippen molar-refractivity contribution >= 4 is 27.4 Å². The molecule has 3 rings (SSSR count). The van der Waals surface area contributed by atoms with Crippen LogP contribution in [0.15, 0.2) is 34.8 Å². The molecule has 102 valence electrons. The van der Waals surface area contributed by atoms with E-state index in [2.05, 4.69) is 15.9 Å². The molecule has 0 unspecified atom stereocenters. The first-order valence-electron chi connectivity index (χ1n) is 6.10. The number of halogens is 2. The smallest absolute Gasteiger partial charge is 0.196 e. The van der Waals surface area contributed by atoms with Gasteiger partial charge in [-0.3, -0.25) is 4.79 Å². The molecular formula is C15H11BrFNO2. The summed E-state index contributed by atoms with van der Waals surface area (Å²) in [5.74, 6) is -0.238. The van der Waals surface area contributed by atoms with E-state index < -0.39 is 5.82 Å². The maximum Gasteiger partial charge on any atom is 0.196 e. The van der Waals surface area contributed by atoms with Crippen molar-refractivity contribution in [2.24, 2.45) is 0 Å². The maximum atomic E-state index is 13.4. The zero-order chi connectivity index (χ0) is 14.3. The van der Waals surface area contributed by atoms with Crippen molar-refractivity contribution < 1.29 is 13.9 Å². The highest BCUT2D eigenvalue weighted by Crippen LogP contribution is 2.34. The summed E-state index contributed by atoms with van der Waals surface area (Å²) in [6.07, 6.45) is 0.764. The number of nitrogens with two attached hydrogens (primary N) is 1. The van der Waals surface area contributed by atoms with E-state index in [1.165, 1.54) is 18.2 Å². The van der Waals surface area contributed by atoms with Gasteiger partial charge in [-0.1, -0.05) is 15.9 Å². The Bertz CT molecular complexity index is 695. The summed E-state index contributed by atoms with van der Waals surface area (Å²) in [6.45, 7) is 0.553. The average molecular weight is 336 g/mol. The molecule has 5 heteroatoms. The van der Waals surface area contributed by atoms with Gasteiger partial charge in [-0.2, -0.15) is 0 Å². The molecule has 1 heterocycles. The van der Waals surface area contributed by atoms with Crippen molar-refractivity contribution in [3.8, 4) is 5.75 Å². The Morgan fingerprint density at radius 2 is 2.05 bits per heavy atom. The van der Waals surface area contributed by atoms with Crippen LogP contribution in [0.25, 0.3) is 0 Å². The lowest BCUT2D eigenvalue weighted by Gasteiger charge is -2.09. The lowest BCUT2D eigenvalue weighted by atomic mass is 9.99. The van der Waals surface area contributed by atoms with Crippen LogP contribution in [0.4, 0.5) is 10.1 Å². The fourth-order valence-corrected chi connectivity index (χ4v) is 2.84. The minimum atomic E-state index is -0.527. The van der Waals surface area contributed by atoms with Gasteiger partial charge in [0.2, 0.25) is 0 Å². The van der Waals surface area contributed by atoms with Gasteiger partial charge < -0.3 is 10.5 Å². The molecule has 0 spiro atoms. The van der Waals surface area contributed by atoms with E-state index in [1.54, 1.807) is 6.07 Å². The predicted molar refractivity (Wildman–Crippen MR) is 77.6 cm³/mol. The van der Waals surface area contributed by atoms with E-state index in [0.717, 1.165) is 16.5 Å². The number of ketones is 1. The van der Waals surface area contributed by atoms with Crippen molar-refractivity contribution in [3.63, 3.8) is 0 Å². The van der Waals surface area contributed by atoms with Gasteiger partial charge >= 0.3 is 0 Å². The lowest BCUT2D eigenvalue weighted by Crippen LogP contribution is -2.05. The quantitative estimate of drug-likeness (QED) is 0.676. The summed E-state index contributed by atoms with van der Waals surface area (Å²) in [4.78, 5) is 12.5. The number of anilines is 1. The van der Waals surface area contributed by atoms with E-state index >= 15 is 0 Å². The van der Waals surface area contributed by atoms with Gasteiger partial charge in [0, 0.05) is 22.1 Å². The standard InChI is InChI=1S/C15H11BrFNO2/c16-10-3-8-1-2-20-15(8)13(6-10)14(19)9-4-11(17)7-12(18)5-9/h3-7H,1-2,18H2. The predicted octanol–water partition coefficient (Wildman–Crippen LogP) is 3.34. The Morgan fingerprint density at radius 3 is 2.80 bits per heavy atom. The fraction of sp³-hybridized carbons (Fsp3) is 0.133. The van der Waals surface area contributed by atoms with Crippen LogP contribution >= 0.6 is 15.9 Å². The molecular weight excluding hydrogens is 325 g/mol. The van der Waals surface area contributed by atoms with Crippen molar-refractivity contribution in [1.82, 2.24) is 0 Å². The number of fused-ring (bicyclic) bond motifs is 1. The number of ether oxygens (including phenoxy) is 1. The maximum absolute atomic E-state index is 13.4. The third-order valence-electron chi connectivity index (χ3n) is 3.18. The number of carbonyl (C=O) groups is 1. The largest absolute Gasteiger partial charge is 0.492 e. The molecule has 2 aromatic carbocycles. The molecule has 0 atom stereocenters. The van der Waals surface area contributed by atoms with Gasteiger partial charge in [0.05, 0.1) is 12.2 Å². The Hall–Kier alpha value is -1.88. The molecule has 20 heavy (non-hydrogen) atoms. The molecule has 2 N–H and O–H groups in total. The molecule has 0 radical (unpaired) electrons. The second-order valence-electron chi connectivity index (χ2n) is 4.64. The number of nitrogen functional groups attached to an aromatic ring is 1. The van der Waals surface area contributed by atoms with E-state index in [9.17, 15) is 9.18 Å². The number of carbonyl (C=O) groups excluding carboxylic acids is 1. The zero-order valence-corrected chi connectivity index (χ0v) is 12.0. The van der Waals surface area contributed by atoms with E-state index in [4.69, 9.17) is 10.5 Å². The van der Waals surface area contributed by atoms with Crippen molar-refractivity contribution in [2.45, 2.75) is 6.42 Å². The number of rotatable bonds is 2. The second kappa shape index (κ2) is 4.90. The highest BCUT2D eigenvalue weighted by atomic mass is 79.9. The van der Waals surface area contributed by atoms with E-state index in [1.807, 2.05) is 6.07 Å². The van der Waals surface area contributed by atoms with Crippen LogP contribution in [0, 0.1) is 5.82 Å². The van der Waals surface area contributed by atoms with Crippen LogP contribution in [0.5, 0.6) is 5.75 Å². The highest BCUT2D eigenvalue weighted by molar-refractivity contribution is 9.10. The monoisotopic (exact) mass is 335 g/mol. The summed E-state index contributed by atoms with van der Waals surface area (Å²) in [5, 5.41) is 0. The Balaban J connectivity index is 2.11. The molecule has 0 saturated carbocycles. The van der Waals surface area contributed by atoms with Crippen LogP contribution in [0.3, 0.4) is 0 Å². The fourth-order valence-electron chi connectivity index (χ4n) is 2.34. The van der Waals surface area contributed by atoms with Crippen molar-refractivity contribution in [3.05, 3.63) is 57.3 Å². The SMILES string of the molecule is Nc1cc(F)cc(C(=O)c2cc(Br)cc3c2OCC3)c1. The first-order chi connectivity index (χ1) is 9.54. The van der Waals surface area contributed by atoms with Crippen LogP contribution in [0.2, 0.25) is 0 Å². The van der Waals surface area contributed by atoms with Crippen LogP contribution in [-0.4, -0.2) is 12.4 Å².